The molecule has 18 heavy (non-hydrogen) atoms. The molecule has 2 aromatic rings. The van der Waals surface area contributed by atoms with Crippen LogP contribution in [-0.4, -0.2) is 17.1 Å². The van der Waals surface area contributed by atoms with Gasteiger partial charge in [-0.3, -0.25) is 0 Å². The Kier molecular flexibility index (Phi) is 3.60. The lowest BCUT2D eigenvalue weighted by Crippen LogP contribution is -1.96. The number of rotatable bonds is 3. The summed E-state index contributed by atoms with van der Waals surface area (Å²) in [4.78, 5) is 8.57. The fraction of sp³-hybridized carbons (Fsp3) is 0.333. The highest BCUT2D eigenvalue weighted by Gasteiger charge is 2.10. The molecule has 1 aromatic carbocycles. The Morgan fingerprint density at radius 1 is 1.17 bits per heavy atom. The first kappa shape index (κ1) is 12.6. The van der Waals surface area contributed by atoms with Gasteiger partial charge in [0.15, 0.2) is 0 Å². The van der Waals surface area contributed by atoms with E-state index in [1.54, 1.807) is 13.3 Å². The SMILES string of the molecule is COc1ccc(-c2ccnc(C)n2)cc1C(C)C. The summed E-state index contributed by atoms with van der Waals surface area (Å²) < 4.78 is 5.39. The van der Waals surface area contributed by atoms with Crippen molar-refractivity contribution in [1.82, 2.24) is 9.97 Å². The number of ether oxygens (including phenoxy) is 1. The van der Waals surface area contributed by atoms with Crippen LogP contribution in [0.5, 0.6) is 5.75 Å². The minimum atomic E-state index is 0.419. The summed E-state index contributed by atoms with van der Waals surface area (Å²) in [6.07, 6.45) is 1.79. The van der Waals surface area contributed by atoms with Crippen LogP contribution in [0.25, 0.3) is 11.3 Å². The lowest BCUT2D eigenvalue weighted by atomic mass is 9.98. The molecule has 0 fully saturated rings. The molecule has 0 aliphatic rings. The maximum Gasteiger partial charge on any atom is 0.125 e. The zero-order valence-electron chi connectivity index (χ0n) is 11.3. The van der Waals surface area contributed by atoms with Crippen LogP contribution in [0.4, 0.5) is 0 Å². The van der Waals surface area contributed by atoms with Crippen molar-refractivity contribution in [2.75, 3.05) is 7.11 Å². The van der Waals surface area contributed by atoms with Crippen molar-refractivity contribution in [3.8, 4) is 17.0 Å². The summed E-state index contributed by atoms with van der Waals surface area (Å²) in [5, 5.41) is 0. The highest BCUT2D eigenvalue weighted by atomic mass is 16.5. The lowest BCUT2D eigenvalue weighted by molar-refractivity contribution is 0.407. The Morgan fingerprint density at radius 2 is 1.94 bits per heavy atom. The molecule has 2 rings (SSSR count). The minimum Gasteiger partial charge on any atom is -0.496 e. The third-order valence-corrected chi connectivity index (χ3v) is 2.92. The Hall–Kier alpha value is -1.90. The molecule has 0 saturated carbocycles. The van der Waals surface area contributed by atoms with Crippen LogP contribution in [0.15, 0.2) is 30.5 Å². The smallest absolute Gasteiger partial charge is 0.125 e. The topological polar surface area (TPSA) is 35.0 Å². The number of methoxy groups -OCH3 is 1. The van der Waals surface area contributed by atoms with Gasteiger partial charge in [-0.2, -0.15) is 0 Å². The third kappa shape index (κ3) is 2.50. The van der Waals surface area contributed by atoms with Gasteiger partial charge in [-0.05, 0) is 42.7 Å². The Balaban J connectivity index is 2.50. The number of nitrogens with zero attached hydrogens (tertiary/aromatic N) is 2. The van der Waals surface area contributed by atoms with Crippen molar-refractivity contribution in [1.29, 1.82) is 0 Å². The average Bonchev–Trinajstić information content (AvgIpc) is 2.38. The van der Waals surface area contributed by atoms with E-state index in [1.807, 2.05) is 25.1 Å². The fourth-order valence-corrected chi connectivity index (χ4v) is 1.96. The second kappa shape index (κ2) is 5.17. The Bertz CT molecular complexity index is 550. The van der Waals surface area contributed by atoms with Crippen molar-refractivity contribution in [2.24, 2.45) is 0 Å². The van der Waals surface area contributed by atoms with Crippen molar-refractivity contribution in [2.45, 2.75) is 26.7 Å². The number of aryl methyl sites for hydroxylation is 1. The molecule has 1 aromatic heterocycles. The molecule has 94 valence electrons. The van der Waals surface area contributed by atoms with Gasteiger partial charge in [0.05, 0.1) is 12.8 Å². The molecule has 0 spiro atoms. The van der Waals surface area contributed by atoms with Gasteiger partial charge in [0.25, 0.3) is 0 Å². The minimum absolute atomic E-state index is 0.419. The molecule has 0 amide bonds. The molecule has 0 aliphatic carbocycles. The summed E-state index contributed by atoms with van der Waals surface area (Å²) in [5.41, 5.74) is 3.25. The molecule has 1 heterocycles. The molecule has 0 aliphatic heterocycles. The summed E-state index contributed by atoms with van der Waals surface area (Å²) >= 11 is 0. The van der Waals surface area contributed by atoms with E-state index in [9.17, 15) is 0 Å². The average molecular weight is 242 g/mol. The number of aromatic nitrogens is 2. The van der Waals surface area contributed by atoms with Crippen LogP contribution in [-0.2, 0) is 0 Å². The predicted octanol–water partition coefficient (Wildman–Crippen LogP) is 3.58. The van der Waals surface area contributed by atoms with Crippen LogP contribution in [0.3, 0.4) is 0 Å². The number of hydrogen-bond donors (Lipinski definition) is 0. The molecule has 3 heteroatoms. The van der Waals surface area contributed by atoms with Crippen LogP contribution in [0, 0.1) is 6.92 Å². The molecule has 0 N–H and O–H groups in total. The Labute approximate surface area is 108 Å². The maximum atomic E-state index is 5.39. The van der Waals surface area contributed by atoms with Gasteiger partial charge >= 0.3 is 0 Å². The van der Waals surface area contributed by atoms with Crippen LogP contribution >= 0.6 is 0 Å². The third-order valence-electron chi connectivity index (χ3n) is 2.92. The first-order valence-corrected chi connectivity index (χ1v) is 6.09. The summed E-state index contributed by atoms with van der Waals surface area (Å²) in [6, 6.07) is 8.11. The molecular formula is C15H18N2O. The standard InChI is InChI=1S/C15H18N2O/c1-10(2)13-9-12(5-6-15(13)18-4)14-7-8-16-11(3)17-14/h5-10H,1-4H3. The van der Waals surface area contributed by atoms with Gasteiger partial charge in [-0.1, -0.05) is 13.8 Å². The number of benzene rings is 1. The first-order valence-electron chi connectivity index (χ1n) is 6.09. The van der Waals surface area contributed by atoms with Gasteiger partial charge in [0.1, 0.15) is 11.6 Å². The first-order chi connectivity index (χ1) is 8.61. The summed E-state index contributed by atoms with van der Waals surface area (Å²) in [7, 11) is 1.70. The van der Waals surface area contributed by atoms with Gasteiger partial charge in [0.2, 0.25) is 0 Å². The molecule has 0 unspecified atom stereocenters. The van der Waals surface area contributed by atoms with Crippen LogP contribution in [0.2, 0.25) is 0 Å². The van der Waals surface area contributed by atoms with E-state index in [-0.39, 0.29) is 0 Å². The largest absolute Gasteiger partial charge is 0.496 e. The fourth-order valence-electron chi connectivity index (χ4n) is 1.96. The normalized spacial score (nSPS) is 10.7. The van der Waals surface area contributed by atoms with Crippen molar-refractivity contribution < 1.29 is 4.74 Å². The van der Waals surface area contributed by atoms with Crippen molar-refractivity contribution in [3.63, 3.8) is 0 Å². The van der Waals surface area contributed by atoms with Gasteiger partial charge in [-0.25, -0.2) is 9.97 Å². The number of hydrogen-bond acceptors (Lipinski definition) is 3. The zero-order chi connectivity index (χ0) is 13.1. The van der Waals surface area contributed by atoms with Gasteiger partial charge in [0, 0.05) is 11.8 Å². The monoisotopic (exact) mass is 242 g/mol. The molecule has 0 saturated heterocycles. The van der Waals surface area contributed by atoms with E-state index in [0.717, 1.165) is 22.8 Å². The van der Waals surface area contributed by atoms with E-state index in [0.29, 0.717) is 5.92 Å². The highest BCUT2D eigenvalue weighted by Crippen LogP contribution is 2.30. The Morgan fingerprint density at radius 3 is 2.56 bits per heavy atom. The van der Waals surface area contributed by atoms with E-state index in [1.165, 1.54) is 5.56 Å². The van der Waals surface area contributed by atoms with E-state index < -0.39 is 0 Å². The zero-order valence-corrected chi connectivity index (χ0v) is 11.3. The second-order valence-corrected chi connectivity index (χ2v) is 4.60. The maximum absolute atomic E-state index is 5.39. The summed E-state index contributed by atoms with van der Waals surface area (Å²) in [5.74, 6) is 2.14. The van der Waals surface area contributed by atoms with Crippen LogP contribution in [0.1, 0.15) is 31.2 Å². The van der Waals surface area contributed by atoms with Gasteiger partial charge in [-0.15, -0.1) is 0 Å². The molecule has 0 bridgehead atoms. The highest BCUT2D eigenvalue weighted by molar-refractivity contribution is 5.62. The predicted molar refractivity (Wildman–Crippen MR) is 72.8 cm³/mol. The lowest BCUT2D eigenvalue weighted by Gasteiger charge is -2.13. The molecular weight excluding hydrogens is 224 g/mol. The van der Waals surface area contributed by atoms with Crippen molar-refractivity contribution in [3.05, 3.63) is 41.9 Å². The van der Waals surface area contributed by atoms with E-state index in [4.69, 9.17) is 4.74 Å². The molecule has 3 nitrogen and oxygen atoms in total. The second-order valence-electron chi connectivity index (χ2n) is 4.60. The molecule has 0 radical (unpaired) electrons. The summed E-state index contributed by atoms with van der Waals surface area (Å²) in [6.45, 7) is 6.22. The quantitative estimate of drug-likeness (QED) is 0.825. The van der Waals surface area contributed by atoms with E-state index in [2.05, 4.69) is 29.9 Å². The van der Waals surface area contributed by atoms with Crippen molar-refractivity contribution >= 4 is 0 Å². The van der Waals surface area contributed by atoms with Crippen LogP contribution < -0.4 is 4.74 Å². The molecule has 0 atom stereocenters. The van der Waals surface area contributed by atoms with E-state index >= 15 is 0 Å². The van der Waals surface area contributed by atoms with Gasteiger partial charge < -0.3 is 4.74 Å².